The van der Waals surface area contributed by atoms with Crippen LogP contribution in [0.1, 0.15) is 26.7 Å². The summed E-state index contributed by atoms with van der Waals surface area (Å²) in [6, 6.07) is 3.15. The second kappa shape index (κ2) is 5.93. The summed E-state index contributed by atoms with van der Waals surface area (Å²) >= 11 is 3.34. The Kier molecular flexibility index (Phi) is 5.09. The van der Waals surface area contributed by atoms with E-state index < -0.39 is 15.6 Å². The Balaban J connectivity index is 2.94. The maximum absolute atomic E-state index is 12.1. The Morgan fingerprint density at radius 2 is 2.24 bits per heavy atom. The van der Waals surface area contributed by atoms with Crippen molar-refractivity contribution in [2.75, 3.05) is 5.33 Å². The van der Waals surface area contributed by atoms with Gasteiger partial charge in [-0.15, -0.1) is 0 Å². The van der Waals surface area contributed by atoms with Crippen molar-refractivity contribution in [1.29, 1.82) is 0 Å². The van der Waals surface area contributed by atoms with Crippen LogP contribution in [0.25, 0.3) is 0 Å². The number of rotatable bonds is 6. The molecule has 1 rings (SSSR count). The predicted molar refractivity (Wildman–Crippen MR) is 71.7 cm³/mol. The van der Waals surface area contributed by atoms with Gasteiger partial charge < -0.3 is 0 Å². The molecule has 0 saturated heterocycles. The quantitative estimate of drug-likeness (QED) is 0.818. The topological polar surface area (TPSA) is 59.1 Å². The fourth-order valence-corrected chi connectivity index (χ4v) is 3.74. The van der Waals surface area contributed by atoms with Gasteiger partial charge in [0.05, 0.1) is 0 Å². The second-order valence-electron chi connectivity index (χ2n) is 4.15. The summed E-state index contributed by atoms with van der Waals surface area (Å²) in [6.45, 7) is 3.87. The molecular weight excluding hydrogens is 304 g/mol. The van der Waals surface area contributed by atoms with Crippen molar-refractivity contribution in [3.05, 3.63) is 24.5 Å². The lowest BCUT2D eigenvalue weighted by atomic mass is 9.98. The lowest BCUT2D eigenvalue weighted by molar-refractivity contribution is 0.392. The molecule has 0 fully saturated rings. The van der Waals surface area contributed by atoms with Crippen molar-refractivity contribution in [2.45, 2.75) is 37.1 Å². The van der Waals surface area contributed by atoms with Gasteiger partial charge in [-0.25, -0.2) is 13.1 Å². The third-order valence-corrected chi connectivity index (χ3v) is 4.77. The maximum atomic E-state index is 12.1. The monoisotopic (exact) mass is 320 g/mol. The van der Waals surface area contributed by atoms with E-state index >= 15 is 0 Å². The van der Waals surface area contributed by atoms with Crippen LogP contribution in [0.4, 0.5) is 0 Å². The van der Waals surface area contributed by atoms with Crippen molar-refractivity contribution >= 4 is 26.0 Å². The van der Waals surface area contributed by atoms with Crippen molar-refractivity contribution in [2.24, 2.45) is 0 Å². The number of halogens is 1. The van der Waals surface area contributed by atoms with Crippen LogP contribution < -0.4 is 4.72 Å². The molecule has 1 heterocycles. The van der Waals surface area contributed by atoms with Gasteiger partial charge in [0.2, 0.25) is 10.0 Å². The molecule has 0 aromatic carbocycles. The molecule has 1 N–H and O–H groups in total. The molecule has 1 unspecified atom stereocenters. The zero-order chi connectivity index (χ0) is 12.9. The lowest BCUT2D eigenvalue weighted by Crippen LogP contribution is -2.45. The highest BCUT2D eigenvalue weighted by atomic mass is 79.9. The van der Waals surface area contributed by atoms with Gasteiger partial charge >= 0.3 is 0 Å². The van der Waals surface area contributed by atoms with Gasteiger partial charge in [-0.2, -0.15) is 0 Å². The van der Waals surface area contributed by atoms with Gasteiger partial charge in [0.25, 0.3) is 0 Å². The van der Waals surface area contributed by atoms with Crippen LogP contribution in [0.3, 0.4) is 0 Å². The van der Waals surface area contributed by atoms with Crippen molar-refractivity contribution in [3.63, 3.8) is 0 Å². The summed E-state index contributed by atoms with van der Waals surface area (Å²) < 4.78 is 27.0. The molecule has 0 aliphatic carbocycles. The molecule has 1 atom stereocenters. The Morgan fingerprint density at radius 1 is 1.53 bits per heavy atom. The van der Waals surface area contributed by atoms with Gasteiger partial charge in [-0.1, -0.05) is 22.9 Å². The molecule has 0 bridgehead atoms. The number of pyridine rings is 1. The van der Waals surface area contributed by atoms with Gasteiger partial charge in [0.1, 0.15) is 4.90 Å². The molecule has 96 valence electrons. The smallest absolute Gasteiger partial charge is 0.242 e. The predicted octanol–water partition coefficient (Wildman–Crippen LogP) is 2.31. The summed E-state index contributed by atoms with van der Waals surface area (Å²) in [5, 5.41) is 0.757. The van der Waals surface area contributed by atoms with Crippen LogP contribution in [0.15, 0.2) is 29.4 Å². The van der Waals surface area contributed by atoms with Crippen LogP contribution in [-0.2, 0) is 10.0 Å². The van der Waals surface area contributed by atoms with Crippen LogP contribution in [0.5, 0.6) is 0 Å². The zero-order valence-corrected chi connectivity index (χ0v) is 12.4. The standard InChI is InChI=1S/C11H17BrN2O2S/c1-3-11(2,6-7-12)14-17(15,16)10-5-4-8-13-9-10/h4-5,8-9,14H,3,6-7H2,1-2H3. The fraction of sp³-hybridized carbons (Fsp3) is 0.545. The van der Waals surface area contributed by atoms with E-state index in [1.807, 2.05) is 13.8 Å². The molecule has 0 aliphatic heterocycles. The van der Waals surface area contributed by atoms with E-state index in [-0.39, 0.29) is 4.90 Å². The van der Waals surface area contributed by atoms with Crippen LogP contribution in [0, 0.1) is 0 Å². The fourth-order valence-electron chi connectivity index (χ4n) is 1.40. The molecule has 1 aromatic rings. The summed E-state index contributed by atoms with van der Waals surface area (Å²) in [5.41, 5.74) is -0.432. The van der Waals surface area contributed by atoms with E-state index in [1.165, 1.54) is 6.20 Å². The largest absolute Gasteiger partial charge is 0.263 e. The Labute approximate surface area is 111 Å². The number of alkyl halides is 1. The molecule has 0 radical (unpaired) electrons. The average molecular weight is 321 g/mol. The molecule has 0 amide bonds. The molecule has 1 aromatic heterocycles. The van der Waals surface area contributed by atoms with E-state index in [4.69, 9.17) is 0 Å². The summed E-state index contributed by atoms with van der Waals surface area (Å²) in [5.74, 6) is 0. The van der Waals surface area contributed by atoms with Gasteiger partial charge in [-0.3, -0.25) is 4.98 Å². The maximum Gasteiger partial charge on any atom is 0.242 e. The highest BCUT2D eigenvalue weighted by molar-refractivity contribution is 9.09. The van der Waals surface area contributed by atoms with Crippen LogP contribution in [-0.4, -0.2) is 24.3 Å². The number of nitrogens with one attached hydrogen (secondary N) is 1. The van der Waals surface area contributed by atoms with E-state index in [0.29, 0.717) is 0 Å². The first-order valence-corrected chi connectivity index (χ1v) is 8.04. The Morgan fingerprint density at radius 3 is 2.71 bits per heavy atom. The first-order chi connectivity index (χ1) is 7.93. The van der Waals surface area contributed by atoms with Gasteiger partial charge in [0, 0.05) is 23.3 Å². The lowest BCUT2D eigenvalue weighted by Gasteiger charge is -2.28. The van der Waals surface area contributed by atoms with E-state index in [0.717, 1.165) is 18.2 Å². The summed E-state index contributed by atoms with van der Waals surface area (Å²) in [6.07, 6.45) is 4.38. The minimum absolute atomic E-state index is 0.203. The highest BCUT2D eigenvalue weighted by Crippen LogP contribution is 2.19. The normalized spacial score (nSPS) is 15.5. The SMILES string of the molecule is CCC(C)(CCBr)NS(=O)(=O)c1cccnc1. The highest BCUT2D eigenvalue weighted by Gasteiger charge is 2.28. The Hall–Kier alpha value is -0.460. The second-order valence-corrected chi connectivity index (χ2v) is 6.62. The van der Waals surface area contributed by atoms with Crippen LogP contribution >= 0.6 is 15.9 Å². The number of hydrogen-bond donors (Lipinski definition) is 1. The van der Waals surface area contributed by atoms with Crippen LogP contribution in [0.2, 0.25) is 0 Å². The van der Waals surface area contributed by atoms with Crippen molar-refractivity contribution in [3.8, 4) is 0 Å². The molecule has 0 aliphatic rings. The average Bonchev–Trinajstić information content (AvgIpc) is 2.30. The molecule has 0 saturated carbocycles. The molecular formula is C11H17BrN2O2S. The number of aromatic nitrogens is 1. The first kappa shape index (κ1) is 14.6. The number of nitrogens with zero attached hydrogens (tertiary/aromatic N) is 1. The molecule has 4 nitrogen and oxygen atoms in total. The third-order valence-electron chi connectivity index (χ3n) is 2.75. The summed E-state index contributed by atoms with van der Waals surface area (Å²) in [7, 11) is -3.49. The van der Waals surface area contributed by atoms with Crippen molar-refractivity contribution < 1.29 is 8.42 Å². The van der Waals surface area contributed by atoms with Gasteiger partial charge in [-0.05, 0) is 31.9 Å². The van der Waals surface area contributed by atoms with E-state index in [9.17, 15) is 8.42 Å². The third kappa shape index (κ3) is 4.04. The van der Waals surface area contributed by atoms with E-state index in [2.05, 4.69) is 25.6 Å². The van der Waals surface area contributed by atoms with Crippen molar-refractivity contribution in [1.82, 2.24) is 9.71 Å². The first-order valence-electron chi connectivity index (χ1n) is 5.43. The number of hydrogen-bond acceptors (Lipinski definition) is 3. The minimum Gasteiger partial charge on any atom is -0.263 e. The molecule has 17 heavy (non-hydrogen) atoms. The Bertz CT molecular complexity index is 450. The zero-order valence-electron chi connectivity index (χ0n) is 9.98. The molecule has 0 spiro atoms. The van der Waals surface area contributed by atoms with E-state index in [1.54, 1.807) is 18.3 Å². The minimum atomic E-state index is -3.49. The summed E-state index contributed by atoms with van der Waals surface area (Å²) in [4.78, 5) is 4.03. The number of sulfonamides is 1. The van der Waals surface area contributed by atoms with Gasteiger partial charge in [0.15, 0.2) is 0 Å². The molecule has 6 heteroatoms.